The second-order valence-electron chi connectivity index (χ2n) is 5.25. The summed E-state index contributed by atoms with van der Waals surface area (Å²) in [4.78, 5) is 26.1. The Labute approximate surface area is 133 Å². The van der Waals surface area contributed by atoms with Crippen molar-refractivity contribution in [3.05, 3.63) is 60.2 Å². The Morgan fingerprint density at radius 1 is 1.13 bits per heavy atom. The minimum absolute atomic E-state index is 0.0956. The number of carbonyl (C=O) groups excluding carboxylic acids is 2. The highest BCUT2D eigenvalue weighted by molar-refractivity contribution is 5.98. The molecule has 3 N–H and O–H groups in total. The van der Waals surface area contributed by atoms with E-state index < -0.39 is 12.0 Å². The third-order valence-corrected chi connectivity index (χ3v) is 3.71. The highest BCUT2D eigenvalue weighted by Crippen LogP contribution is 2.33. The van der Waals surface area contributed by atoms with Crippen LogP contribution in [-0.2, 0) is 16.0 Å². The highest BCUT2D eigenvalue weighted by Gasteiger charge is 2.33. The molecule has 1 heterocycles. The van der Waals surface area contributed by atoms with Crippen LogP contribution in [-0.4, -0.2) is 24.5 Å². The van der Waals surface area contributed by atoms with Gasteiger partial charge in [-0.2, -0.15) is 0 Å². The van der Waals surface area contributed by atoms with Crippen LogP contribution in [0.4, 0.5) is 5.69 Å². The van der Waals surface area contributed by atoms with Gasteiger partial charge in [-0.15, -0.1) is 0 Å². The van der Waals surface area contributed by atoms with Crippen LogP contribution in [0.25, 0.3) is 0 Å². The van der Waals surface area contributed by atoms with Crippen LogP contribution in [0.1, 0.15) is 5.56 Å². The molecule has 0 saturated heterocycles. The zero-order valence-electron chi connectivity index (χ0n) is 12.4. The van der Waals surface area contributed by atoms with Crippen LogP contribution in [0.15, 0.2) is 54.6 Å². The van der Waals surface area contributed by atoms with Crippen molar-refractivity contribution in [3.63, 3.8) is 0 Å². The molecule has 0 fully saturated rings. The Morgan fingerprint density at radius 2 is 1.83 bits per heavy atom. The highest BCUT2D eigenvalue weighted by atomic mass is 16.5. The molecule has 6 nitrogen and oxygen atoms in total. The average Bonchev–Trinajstić information content (AvgIpc) is 2.60. The lowest BCUT2D eigenvalue weighted by molar-refractivity contribution is -0.128. The number of hydrazine groups is 1. The summed E-state index contributed by atoms with van der Waals surface area (Å²) >= 11 is 0. The lowest BCUT2D eigenvalue weighted by Crippen LogP contribution is -2.52. The molecule has 0 radical (unpaired) electrons. The van der Waals surface area contributed by atoms with Gasteiger partial charge in [-0.05, 0) is 17.7 Å². The molecular weight excluding hydrogens is 294 g/mol. The fourth-order valence-electron chi connectivity index (χ4n) is 2.57. The molecule has 0 aliphatic carbocycles. The topological polar surface area (TPSA) is 84.7 Å². The molecule has 1 aliphatic rings. The maximum atomic E-state index is 12.7. The maximum absolute atomic E-state index is 12.7. The molecule has 3 rings (SSSR count). The van der Waals surface area contributed by atoms with Crippen molar-refractivity contribution in [2.75, 3.05) is 11.4 Å². The van der Waals surface area contributed by atoms with Gasteiger partial charge in [0.05, 0.1) is 18.7 Å². The zero-order chi connectivity index (χ0) is 16.2. The number of para-hydroxylation sites is 2. The summed E-state index contributed by atoms with van der Waals surface area (Å²) in [6.45, 7) is 0.131. The second kappa shape index (κ2) is 6.50. The molecule has 2 amide bonds. The molecule has 1 atom stereocenters. The van der Waals surface area contributed by atoms with Crippen LogP contribution in [0, 0.1) is 0 Å². The van der Waals surface area contributed by atoms with E-state index in [0.717, 1.165) is 5.56 Å². The maximum Gasteiger partial charge on any atom is 0.276 e. The molecule has 0 bridgehead atoms. The number of nitrogens with one attached hydrogen (secondary N) is 1. The van der Waals surface area contributed by atoms with E-state index in [0.29, 0.717) is 11.4 Å². The summed E-state index contributed by atoms with van der Waals surface area (Å²) in [6, 6.07) is 16.6. The number of anilines is 1. The van der Waals surface area contributed by atoms with Crippen molar-refractivity contribution in [3.8, 4) is 5.75 Å². The molecule has 0 saturated carbocycles. The normalized spacial score (nSPS) is 16.2. The average molecular weight is 311 g/mol. The van der Waals surface area contributed by atoms with Gasteiger partial charge in [-0.25, -0.2) is 5.84 Å². The second-order valence-corrected chi connectivity index (χ2v) is 5.25. The molecule has 118 valence electrons. The predicted octanol–water partition coefficient (Wildman–Crippen LogP) is 1.01. The lowest BCUT2D eigenvalue weighted by atomic mass is 10.1. The van der Waals surface area contributed by atoms with E-state index in [4.69, 9.17) is 10.6 Å². The third kappa shape index (κ3) is 3.17. The number of ether oxygens (including phenoxy) is 1. The van der Waals surface area contributed by atoms with Crippen LogP contribution in [0.5, 0.6) is 5.75 Å². The molecule has 0 unspecified atom stereocenters. The number of benzene rings is 2. The van der Waals surface area contributed by atoms with Crippen molar-refractivity contribution in [2.24, 2.45) is 5.84 Å². The number of hydrogen-bond acceptors (Lipinski definition) is 4. The first-order chi connectivity index (χ1) is 11.2. The lowest BCUT2D eigenvalue weighted by Gasteiger charge is -2.34. The minimum atomic E-state index is -0.824. The Bertz CT molecular complexity index is 718. The van der Waals surface area contributed by atoms with Gasteiger partial charge in [-0.1, -0.05) is 42.5 Å². The Kier molecular flexibility index (Phi) is 4.25. The number of rotatable bonds is 3. The quantitative estimate of drug-likeness (QED) is 0.503. The SMILES string of the molecule is NNC(=O)[C@@H]1CN(C(=O)Cc2ccccc2)c2ccccc2O1. The van der Waals surface area contributed by atoms with Crippen LogP contribution in [0.3, 0.4) is 0 Å². The van der Waals surface area contributed by atoms with Gasteiger partial charge in [0.15, 0.2) is 6.10 Å². The molecule has 1 aliphatic heterocycles. The largest absolute Gasteiger partial charge is 0.476 e. The Morgan fingerprint density at radius 3 is 2.57 bits per heavy atom. The van der Waals surface area contributed by atoms with Crippen molar-refractivity contribution >= 4 is 17.5 Å². The van der Waals surface area contributed by atoms with Crippen molar-refractivity contribution < 1.29 is 14.3 Å². The molecule has 2 aromatic rings. The number of nitrogens with two attached hydrogens (primary N) is 1. The van der Waals surface area contributed by atoms with Gasteiger partial charge in [0.2, 0.25) is 5.91 Å². The van der Waals surface area contributed by atoms with Crippen LogP contribution in [0.2, 0.25) is 0 Å². The van der Waals surface area contributed by atoms with E-state index in [1.165, 1.54) is 0 Å². The van der Waals surface area contributed by atoms with E-state index in [9.17, 15) is 9.59 Å². The molecule has 0 aromatic heterocycles. The summed E-state index contributed by atoms with van der Waals surface area (Å²) < 4.78 is 5.63. The number of hydrogen-bond donors (Lipinski definition) is 2. The van der Waals surface area contributed by atoms with Crippen LogP contribution >= 0.6 is 0 Å². The zero-order valence-corrected chi connectivity index (χ0v) is 12.4. The van der Waals surface area contributed by atoms with Gasteiger partial charge in [0.25, 0.3) is 5.91 Å². The summed E-state index contributed by atoms with van der Waals surface area (Å²) in [7, 11) is 0. The van der Waals surface area contributed by atoms with Crippen molar-refractivity contribution in [1.29, 1.82) is 0 Å². The first-order valence-corrected chi connectivity index (χ1v) is 7.29. The number of amides is 2. The number of fused-ring (bicyclic) bond motifs is 1. The predicted molar refractivity (Wildman–Crippen MR) is 85.7 cm³/mol. The van der Waals surface area contributed by atoms with E-state index in [-0.39, 0.29) is 18.9 Å². The van der Waals surface area contributed by atoms with E-state index >= 15 is 0 Å². The molecule has 0 spiro atoms. The fourth-order valence-corrected chi connectivity index (χ4v) is 2.57. The standard InChI is InChI=1S/C17H17N3O3/c18-19-17(22)15-11-20(13-8-4-5-9-14(13)23-15)16(21)10-12-6-2-1-3-7-12/h1-9,15H,10-11,18H2,(H,19,22)/t15-/m0/s1. The Balaban J connectivity index is 1.87. The minimum Gasteiger partial charge on any atom is -0.476 e. The number of nitrogens with zero attached hydrogens (tertiary/aromatic N) is 1. The van der Waals surface area contributed by atoms with E-state index in [1.807, 2.05) is 36.4 Å². The molecule has 2 aromatic carbocycles. The molecule has 23 heavy (non-hydrogen) atoms. The summed E-state index contributed by atoms with van der Waals surface area (Å²) in [5, 5.41) is 0. The molecule has 6 heteroatoms. The van der Waals surface area contributed by atoms with E-state index in [2.05, 4.69) is 5.43 Å². The first kappa shape index (κ1) is 15.1. The smallest absolute Gasteiger partial charge is 0.276 e. The van der Waals surface area contributed by atoms with Crippen molar-refractivity contribution in [2.45, 2.75) is 12.5 Å². The van der Waals surface area contributed by atoms with Gasteiger partial charge >= 0.3 is 0 Å². The first-order valence-electron chi connectivity index (χ1n) is 7.29. The number of carbonyl (C=O) groups is 2. The Hall–Kier alpha value is -2.86. The fraction of sp³-hybridized carbons (Fsp3) is 0.176. The van der Waals surface area contributed by atoms with Gasteiger partial charge in [0.1, 0.15) is 5.75 Å². The van der Waals surface area contributed by atoms with Gasteiger partial charge in [-0.3, -0.25) is 15.0 Å². The third-order valence-electron chi connectivity index (χ3n) is 3.71. The summed E-state index contributed by atoms with van der Waals surface area (Å²) in [6.07, 6.45) is -0.568. The van der Waals surface area contributed by atoms with E-state index in [1.54, 1.807) is 23.1 Å². The van der Waals surface area contributed by atoms with Crippen LogP contribution < -0.4 is 20.9 Å². The van der Waals surface area contributed by atoms with Crippen molar-refractivity contribution in [1.82, 2.24) is 5.43 Å². The monoisotopic (exact) mass is 311 g/mol. The molecular formula is C17H17N3O3. The van der Waals surface area contributed by atoms with Gasteiger partial charge in [0, 0.05) is 0 Å². The summed E-state index contributed by atoms with van der Waals surface area (Å²) in [5.74, 6) is 5.12. The van der Waals surface area contributed by atoms with Gasteiger partial charge < -0.3 is 9.64 Å². The summed E-state index contributed by atoms with van der Waals surface area (Å²) in [5.41, 5.74) is 3.65.